The first-order valence-corrected chi connectivity index (χ1v) is 11.3. The number of nitrogens with zero attached hydrogens (tertiary/aromatic N) is 1. The van der Waals surface area contributed by atoms with Crippen LogP contribution in [0.4, 0.5) is 0 Å². The number of phenols is 1. The zero-order valence-corrected chi connectivity index (χ0v) is 19.3. The van der Waals surface area contributed by atoms with E-state index in [4.69, 9.17) is 4.74 Å². The number of allylic oxidation sites excluding steroid dienone is 1. The Morgan fingerprint density at radius 1 is 1.16 bits per heavy atom. The van der Waals surface area contributed by atoms with Crippen LogP contribution in [0.2, 0.25) is 0 Å². The summed E-state index contributed by atoms with van der Waals surface area (Å²) in [6, 6.07) is 9.93. The number of carbonyl (C=O) groups is 1. The standard InChI is InChI=1S/C27H33NO3/c1-17-10-12-28(13-11-17)16-21-22(29)14-18(2)24-25(30)23(31-26(21)24)15-19-6-8-20(9-7-19)27(3,4)5/h6-9,14-15,17,29H,10-13,16H2,1-5H3/b23-15-. The summed E-state index contributed by atoms with van der Waals surface area (Å²) in [5.41, 5.74) is 4.30. The summed E-state index contributed by atoms with van der Waals surface area (Å²) < 4.78 is 6.10. The average Bonchev–Trinajstić information content (AvgIpc) is 3.03. The number of ether oxygens (including phenoxy) is 1. The molecule has 4 rings (SSSR count). The van der Waals surface area contributed by atoms with Crippen molar-refractivity contribution in [2.24, 2.45) is 5.92 Å². The first-order valence-electron chi connectivity index (χ1n) is 11.3. The Hall–Kier alpha value is -2.59. The predicted octanol–water partition coefficient (Wildman–Crippen LogP) is 5.85. The Balaban J connectivity index is 1.63. The maximum atomic E-state index is 13.2. The molecule has 31 heavy (non-hydrogen) atoms. The molecule has 2 aromatic rings. The number of Topliss-reactive ketones (excluding diaryl/α,β-unsaturated/α-hetero) is 1. The number of hydrogen-bond acceptors (Lipinski definition) is 4. The van der Waals surface area contributed by atoms with Crippen LogP contribution in [0.25, 0.3) is 6.08 Å². The number of aryl methyl sites for hydroxylation is 1. The molecule has 2 heterocycles. The number of hydrogen-bond donors (Lipinski definition) is 1. The van der Waals surface area contributed by atoms with Gasteiger partial charge in [0.1, 0.15) is 11.5 Å². The van der Waals surface area contributed by atoms with Crippen LogP contribution < -0.4 is 4.74 Å². The normalized spacial score (nSPS) is 19.0. The van der Waals surface area contributed by atoms with E-state index in [0.29, 0.717) is 23.6 Å². The second kappa shape index (κ2) is 8.16. The second-order valence-corrected chi connectivity index (χ2v) is 10.2. The van der Waals surface area contributed by atoms with Crippen molar-refractivity contribution in [3.63, 3.8) is 0 Å². The van der Waals surface area contributed by atoms with Crippen molar-refractivity contribution in [3.05, 3.63) is 63.9 Å². The van der Waals surface area contributed by atoms with Crippen molar-refractivity contribution < 1.29 is 14.6 Å². The van der Waals surface area contributed by atoms with Gasteiger partial charge in [-0.2, -0.15) is 0 Å². The van der Waals surface area contributed by atoms with E-state index in [1.54, 1.807) is 12.1 Å². The number of ketones is 1. The third-order valence-electron chi connectivity index (χ3n) is 6.55. The minimum Gasteiger partial charge on any atom is -0.507 e. The Labute approximate surface area is 185 Å². The average molecular weight is 420 g/mol. The first-order chi connectivity index (χ1) is 14.6. The Bertz CT molecular complexity index is 1020. The van der Waals surface area contributed by atoms with E-state index in [2.05, 4.69) is 44.7 Å². The molecule has 1 fully saturated rings. The Kier molecular flexibility index (Phi) is 5.69. The lowest BCUT2D eigenvalue weighted by atomic mass is 9.86. The number of fused-ring (bicyclic) bond motifs is 1. The maximum absolute atomic E-state index is 13.2. The molecule has 1 saturated heterocycles. The molecule has 1 N–H and O–H groups in total. The Morgan fingerprint density at radius 3 is 2.42 bits per heavy atom. The van der Waals surface area contributed by atoms with Crippen molar-refractivity contribution >= 4 is 11.9 Å². The van der Waals surface area contributed by atoms with Crippen LogP contribution in [0.15, 0.2) is 36.1 Å². The number of aromatic hydroxyl groups is 1. The highest BCUT2D eigenvalue weighted by Gasteiger charge is 2.34. The highest BCUT2D eigenvalue weighted by Crippen LogP contribution is 2.42. The van der Waals surface area contributed by atoms with Gasteiger partial charge in [-0.25, -0.2) is 0 Å². The molecule has 0 bridgehead atoms. The molecule has 4 nitrogen and oxygen atoms in total. The quantitative estimate of drug-likeness (QED) is 0.635. The van der Waals surface area contributed by atoms with Crippen molar-refractivity contribution in [1.82, 2.24) is 4.90 Å². The second-order valence-electron chi connectivity index (χ2n) is 10.2. The molecule has 0 aliphatic carbocycles. The van der Waals surface area contributed by atoms with Gasteiger partial charge in [-0.15, -0.1) is 0 Å². The van der Waals surface area contributed by atoms with Crippen LogP contribution >= 0.6 is 0 Å². The molecule has 0 aromatic heterocycles. The molecule has 164 valence electrons. The van der Waals surface area contributed by atoms with E-state index >= 15 is 0 Å². The van der Waals surface area contributed by atoms with Gasteiger partial charge in [-0.1, -0.05) is 52.0 Å². The van der Waals surface area contributed by atoms with Crippen LogP contribution in [-0.4, -0.2) is 28.9 Å². The topological polar surface area (TPSA) is 49.8 Å². The van der Waals surface area contributed by atoms with E-state index in [0.717, 1.165) is 48.5 Å². The highest BCUT2D eigenvalue weighted by atomic mass is 16.5. The molecule has 0 spiro atoms. The zero-order chi connectivity index (χ0) is 22.3. The van der Waals surface area contributed by atoms with Crippen molar-refractivity contribution in [1.29, 1.82) is 0 Å². The predicted molar refractivity (Wildman–Crippen MR) is 125 cm³/mol. The fraction of sp³-hybridized carbons (Fsp3) is 0.444. The zero-order valence-electron chi connectivity index (χ0n) is 19.3. The minimum atomic E-state index is -0.110. The summed E-state index contributed by atoms with van der Waals surface area (Å²) in [4.78, 5) is 15.5. The van der Waals surface area contributed by atoms with Gasteiger partial charge >= 0.3 is 0 Å². The van der Waals surface area contributed by atoms with Gasteiger partial charge in [0.25, 0.3) is 0 Å². The van der Waals surface area contributed by atoms with Gasteiger partial charge in [-0.3, -0.25) is 9.69 Å². The van der Waals surface area contributed by atoms with Gasteiger partial charge < -0.3 is 9.84 Å². The van der Waals surface area contributed by atoms with Crippen molar-refractivity contribution in [3.8, 4) is 11.5 Å². The van der Waals surface area contributed by atoms with Gasteiger partial charge in [-0.05, 0) is 73.0 Å². The third kappa shape index (κ3) is 4.40. The fourth-order valence-electron chi connectivity index (χ4n) is 4.41. The van der Waals surface area contributed by atoms with E-state index in [1.165, 1.54) is 5.56 Å². The van der Waals surface area contributed by atoms with Crippen LogP contribution in [0.1, 0.15) is 73.1 Å². The maximum Gasteiger partial charge on any atom is 0.232 e. The summed E-state index contributed by atoms with van der Waals surface area (Å²) >= 11 is 0. The number of rotatable bonds is 3. The fourth-order valence-corrected chi connectivity index (χ4v) is 4.41. The molecule has 0 amide bonds. The lowest BCUT2D eigenvalue weighted by Crippen LogP contribution is -2.32. The largest absolute Gasteiger partial charge is 0.507 e. The lowest BCUT2D eigenvalue weighted by molar-refractivity contribution is 0.101. The smallest absolute Gasteiger partial charge is 0.232 e. The van der Waals surface area contributed by atoms with Gasteiger partial charge in [0.2, 0.25) is 5.78 Å². The van der Waals surface area contributed by atoms with Crippen LogP contribution in [0, 0.1) is 12.8 Å². The van der Waals surface area contributed by atoms with Crippen LogP contribution in [0.5, 0.6) is 11.5 Å². The van der Waals surface area contributed by atoms with E-state index in [-0.39, 0.29) is 16.9 Å². The summed E-state index contributed by atoms with van der Waals surface area (Å²) in [5.74, 6) is 1.68. The minimum absolute atomic E-state index is 0.0807. The molecule has 0 unspecified atom stereocenters. The molecule has 2 aromatic carbocycles. The summed E-state index contributed by atoms with van der Waals surface area (Å²) in [6.07, 6.45) is 4.12. The number of carbonyl (C=O) groups excluding carboxylic acids is 1. The SMILES string of the molecule is Cc1cc(O)c(CN2CCC(C)CC2)c2c1C(=O)/C(=C/c1ccc(C(C)(C)C)cc1)O2. The van der Waals surface area contributed by atoms with Crippen LogP contribution in [-0.2, 0) is 12.0 Å². The van der Waals surface area contributed by atoms with Gasteiger partial charge in [0, 0.05) is 6.54 Å². The molecule has 2 aliphatic heterocycles. The molecular formula is C27H33NO3. The molecule has 0 atom stereocenters. The van der Waals surface area contributed by atoms with Gasteiger partial charge in [0.05, 0.1) is 11.1 Å². The highest BCUT2D eigenvalue weighted by molar-refractivity contribution is 6.15. The van der Waals surface area contributed by atoms with Crippen molar-refractivity contribution in [2.45, 2.75) is 59.4 Å². The number of piperidine rings is 1. The van der Waals surface area contributed by atoms with Gasteiger partial charge in [0.15, 0.2) is 5.76 Å². The van der Waals surface area contributed by atoms with Crippen molar-refractivity contribution in [2.75, 3.05) is 13.1 Å². The third-order valence-corrected chi connectivity index (χ3v) is 6.55. The number of benzene rings is 2. The molecule has 4 heteroatoms. The van der Waals surface area contributed by atoms with Crippen LogP contribution in [0.3, 0.4) is 0 Å². The van der Waals surface area contributed by atoms with E-state index < -0.39 is 0 Å². The summed E-state index contributed by atoms with van der Waals surface area (Å²) in [5, 5.41) is 10.7. The summed E-state index contributed by atoms with van der Waals surface area (Å²) in [6.45, 7) is 13.3. The summed E-state index contributed by atoms with van der Waals surface area (Å²) in [7, 11) is 0. The molecule has 0 saturated carbocycles. The Morgan fingerprint density at radius 2 is 1.81 bits per heavy atom. The van der Waals surface area contributed by atoms with E-state index in [9.17, 15) is 9.90 Å². The monoisotopic (exact) mass is 419 g/mol. The number of phenolic OH excluding ortho intramolecular Hbond substituents is 1. The molecular weight excluding hydrogens is 386 g/mol. The van der Waals surface area contributed by atoms with E-state index in [1.807, 2.05) is 19.1 Å². The molecule has 0 radical (unpaired) electrons. The lowest BCUT2D eigenvalue weighted by Gasteiger charge is -2.30. The first kappa shape index (κ1) is 21.6. The molecule has 2 aliphatic rings. The number of likely N-dealkylation sites (tertiary alicyclic amines) is 1.